The summed E-state index contributed by atoms with van der Waals surface area (Å²) in [5.74, 6) is 0.0461. The maximum Gasteiger partial charge on any atom is 0.0464 e. The highest BCUT2D eigenvalue weighted by atomic mass is 15.1. The molecule has 0 amide bonds. The van der Waals surface area contributed by atoms with Crippen LogP contribution in [-0.4, -0.2) is 0 Å². The van der Waals surface area contributed by atoms with Crippen LogP contribution in [0.15, 0.2) is 224 Å². The maximum atomic E-state index is 2.37. The number of hydrogen-bond acceptors (Lipinski definition) is 2. The Hall–Kier alpha value is -7.42. The highest BCUT2D eigenvalue weighted by molar-refractivity contribution is 5.82. The van der Waals surface area contributed by atoms with Crippen LogP contribution in [0, 0.1) is 27.7 Å². The molecular weight excluding hydrogens is 737 g/mol. The van der Waals surface area contributed by atoms with Crippen molar-refractivity contribution < 1.29 is 0 Å². The van der Waals surface area contributed by atoms with E-state index in [1.54, 1.807) is 0 Å². The summed E-state index contributed by atoms with van der Waals surface area (Å²) in [7, 11) is 0. The van der Waals surface area contributed by atoms with Gasteiger partial charge in [0.05, 0.1) is 0 Å². The van der Waals surface area contributed by atoms with E-state index in [9.17, 15) is 0 Å². The Kier molecular flexibility index (Phi) is 11.2. The van der Waals surface area contributed by atoms with Crippen molar-refractivity contribution in [1.82, 2.24) is 0 Å². The average molecular weight is 787 g/mol. The summed E-state index contributed by atoms with van der Waals surface area (Å²) in [5.41, 5.74) is 20.4. The summed E-state index contributed by atoms with van der Waals surface area (Å²) in [6, 6.07) is 81.8. The molecule has 9 rings (SSSR count). The first-order valence-electron chi connectivity index (χ1n) is 21.2. The molecule has 61 heavy (non-hydrogen) atoms. The lowest BCUT2D eigenvalue weighted by Gasteiger charge is -2.28. The van der Waals surface area contributed by atoms with Crippen LogP contribution < -0.4 is 9.80 Å². The van der Waals surface area contributed by atoms with Crippen molar-refractivity contribution in [2.45, 2.75) is 33.6 Å². The van der Waals surface area contributed by atoms with E-state index in [4.69, 9.17) is 0 Å². The Morgan fingerprint density at radius 3 is 0.918 bits per heavy atom. The molecule has 9 aromatic rings. The van der Waals surface area contributed by atoms with Gasteiger partial charge in [-0.1, -0.05) is 163 Å². The van der Waals surface area contributed by atoms with E-state index in [2.05, 4.69) is 262 Å². The van der Waals surface area contributed by atoms with Crippen LogP contribution in [0.3, 0.4) is 0 Å². The van der Waals surface area contributed by atoms with Crippen LogP contribution in [0.4, 0.5) is 34.1 Å². The number of hydrogen-bond donors (Lipinski definition) is 0. The topological polar surface area (TPSA) is 6.48 Å². The van der Waals surface area contributed by atoms with E-state index in [0.717, 1.165) is 34.1 Å². The molecule has 0 radical (unpaired) electrons. The van der Waals surface area contributed by atoms with Crippen molar-refractivity contribution >= 4 is 34.1 Å². The van der Waals surface area contributed by atoms with Gasteiger partial charge < -0.3 is 9.80 Å². The third-order valence-electron chi connectivity index (χ3n) is 11.8. The lowest BCUT2D eigenvalue weighted by molar-refractivity contribution is 0.976. The Balaban J connectivity index is 1.08. The van der Waals surface area contributed by atoms with Crippen molar-refractivity contribution in [1.29, 1.82) is 0 Å². The predicted octanol–water partition coefficient (Wildman–Crippen LogP) is 16.4. The molecule has 0 aliphatic heterocycles. The van der Waals surface area contributed by atoms with Gasteiger partial charge in [-0.05, 0) is 151 Å². The molecule has 2 nitrogen and oxygen atoms in total. The third kappa shape index (κ3) is 8.40. The zero-order valence-electron chi connectivity index (χ0n) is 35.3. The van der Waals surface area contributed by atoms with E-state index in [-0.39, 0.29) is 5.92 Å². The van der Waals surface area contributed by atoms with E-state index in [1.807, 2.05) is 0 Å². The first-order chi connectivity index (χ1) is 29.9. The fraction of sp³-hybridized carbons (Fsp3) is 0.0847. The third-order valence-corrected chi connectivity index (χ3v) is 11.8. The first kappa shape index (κ1) is 39.1. The van der Waals surface area contributed by atoms with Crippen molar-refractivity contribution in [2.24, 2.45) is 0 Å². The van der Waals surface area contributed by atoms with Crippen molar-refractivity contribution in [3.05, 3.63) is 263 Å². The molecule has 0 unspecified atom stereocenters. The zero-order chi connectivity index (χ0) is 41.7. The summed E-state index contributed by atoms with van der Waals surface area (Å²) in [6.45, 7) is 8.70. The van der Waals surface area contributed by atoms with Gasteiger partial charge in [-0.15, -0.1) is 0 Å². The van der Waals surface area contributed by atoms with Crippen LogP contribution in [0.2, 0.25) is 0 Å². The summed E-state index contributed by atoms with van der Waals surface area (Å²) < 4.78 is 0. The van der Waals surface area contributed by atoms with Gasteiger partial charge in [0.1, 0.15) is 0 Å². The molecular formula is C59H50N2. The molecule has 0 saturated carbocycles. The number of aryl methyl sites for hydroxylation is 4. The second-order valence-corrected chi connectivity index (χ2v) is 16.1. The molecule has 0 atom stereocenters. The average Bonchev–Trinajstić information content (AvgIpc) is 3.30. The number of rotatable bonds is 11. The monoisotopic (exact) mass is 786 g/mol. The van der Waals surface area contributed by atoms with Gasteiger partial charge in [-0.3, -0.25) is 0 Å². The number of benzene rings is 9. The molecule has 0 bridgehead atoms. The SMILES string of the molecule is Cc1ccc(N(c2ccc(C(c3ccccc3)c3ccc(N(c4ccc(C)cc4)c4ccc(-c5ccccc5)c(C)c4)cc3)cc2)c2ccc(-c3ccccc3)c(C)c2)cc1. The van der Waals surface area contributed by atoms with Gasteiger partial charge in [0.25, 0.3) is 0 Å². The Bertz CT molecular complexity index is 2660. The normalized spacial score (nSPS) is 11.1. The van der Waals surface area contributed by atoms with Gasteiger partial charge in [0.15, 0.2) is 0 Å². The molecule has 0 spiro atoms. The quantitative estimate of drug-likeness (QED) is 0.121. The van der Waals surface area contributed by atoms with E-state index in [1.165, 1.54) is 61.2 Å². The fourth-order valence-corrected chi connectivity index (χ4v) is 8.59. The number of anilines is 6. The van der Waals surface area contributed by atoms with Crippen LogP contribution in [0.1, 0.15) is 44.9 Å². The fourth-order valence-electron chi connectivity index (χ4n) is 8.59. The molecule has 0 fully saturated rings. The molecule has 0 aromatic heterocycles. The molecule has 0 aliphatic rings. The maximum absolute atomic E-state index is 2.37. The van der Waals surface area contributed by atoms with Crippen LogP contribution in [-0.2, 0) is 0 Å². The zero-order valence-corrected chi connectivity index (χ0v) is 35.3. The van der Waals surface area contributed by atoms with Crippen LogP contribution in [0.25, 0.3) is 22.3 Å². The molecule has 9 aromatic carbocycles. The van der Waals surface area contributed by atoms with E-state index >= 15 is 0 Å². The first-order valence-corrected chi connectivity index (χ1v) is 21.2. The van der Waals surface area contributed by atoms with Gasteiger partial charge >= 0.3 is 0 Å². The van der Waals surface area contributed by atoms with Gasteiger partial charge in [0, 0.05) is 40.0 Å². The minimum Gasteiger partial charge on any atom is -0.310 e. The molecule has 0 heterocycles. The van der Waals surface area contributed by atoms with Crippen molar-refractivity contribution in [3.63, 3.8) is 0 Å². The second kappa shape index (κ2) is 17.4. The molecule has 2 heteroatoms. The molecule has 296 valence electrons. The highest BCUT2D eigenvalue weighted by Crippen LogP contribution is 2.42. The van der Waals surface area contributed by atoms with Crippen LogP contribution in [0.5, 0.6) is 0 Å². The van der Waals surface area contributed by atoms with Crippen LogP contribution >= 0.6 is 0 Å². The summed E-state index contributed by atoms with van der Waals surface area (Å²) in [4.78, 5) is 4.73. The highest BCUT2D eigenvalue weighted by Gasteiger charge is 2.21. The van der Waals surface area contributed by atoms with Gasteiger partial charge in [-0.2, -0.15) is 0 Å². The smallest absolute Gasteiger partial charge is 0.0464 e. The largest absolute Gasteiger partial charge is 0.310 e. The Morgan fingerprint density at radius 1 is 0.279 bits per heavy atom. The summed E-state index contributed by atoms with van der Waals surface area (Å²) >= 11 is 0. The molecule has 0 aliphatic carbocycles. The minimum atomic E-state index is 0.0461. The minimum absolute atomic E-state index is 0.0461. The lowest BCUT2D eigenvalue weighted by atomic mass is 9.85. The summed E-state index contributed by atoms with van der Waals surface area (Å²) in [5, 5.41) is 0. The van der Waals surface area contributed by atoms with Gasteiger partial charge in [-0.25, -0.2) is 0 Å². The Morgan fingerprint density at radius 2 is 0.574 bits per heavy atom. The standard InChI is InChI=1S/C59H50N2/c1-42-20-28-51(29-21-42)60(55-36-38-57(44(3)40-55)46-14-8-5-9-15-46)53-32-24-49(25-33-53)59(48-18-12-7-13-19-48)50-26-34-54(35-27-50)61(52-30-22-43(2)23-31-52)56-37-39-58(45(4)41-56)47-16-10-6-11-17-47/h5-41,59H,1-4H3. The van der Waals surface area contributed by atoms with Gasteiger partial charge in [0.2, 0.25) is 0 Å². The predicted molar refractivity (Wildman–Crippen MR) is 259 cm³/mol. The molecule has 0 N–H and O–H groups in total. The summed E-state index contributed by atoms with van der Waals surface area (Å²) in [6.07, 6.45) is 0. The van der Waals surface area contributed by atoms with E-state index < -0.39 is 0 Å². The Labute approximate surface area is 361 Å². The van der Waals surface area contributed by atoms with Crippen molar-refractivity contribution in [2.75, 3.05) is 9.80 Å². The lowest BCUT2D eigenvalue weighted by Crippen LogP contribution is -2.12. The molecule has 0 saturated heterocycles. The van der Waals surface area contributed by atoms with E-state index in [0.29, 0.717) is 0 Å². The number of nitrogens with zero attached hydrogens (tertiary/aromatic N) is 2. The van der Waals surface area contributed by atoms with Crippen molar-refractivity contribution in [3.8, 4) is 22.3 Å². The second-order valence-electron chi connectivity index (χ2n) is 16.1.